The Morgan fingerprint density at radius 1 is 1.03 bits per heavy atom. The van der Waals surface area contributed by atoms with E-state index < -0.39 is 0 Å². The summed E-state index contributed by atoms with van der Waals surface area (Å²) < 4.78 is 1.98. The maximum atomic E-state index is 4.89. The van der Waals surface area contributed by atoms with E-state index >= 15 is 0 Å². The summed E-state index contributed by atoms with van der Waals surface area (Å²) in [6, 6.07) is 14.4. The molecule has 0 atom stereocenters. The van der Waals surface area contributed by atoms with E-state index in [4.69, 9.17) is 5.10 Å². The molecule has 0 saturated carbocycles. The zero-order valence-electron chi connectivity index (χ0n) is 17.3. The van der Waals surface area contributed by atoms with E-state index in [0.29, 0.717) is 0 Å². The van der Waals surface area contributed by atoms with Crippen molar-refractivity contribution in [3.63, 3.8) is 0 Å². The molecule has 1 aliphatic heterocycles. The minimum atomic E-state index is 0.775. The topological polar surface area (TPSA) is 46.0 Å². The van der Waals surface area contributed by atoms with Gasteiger partial charge in [0.15, 0.2) is 0 Å². The fraction of sp³-hybridized carbons (Fsp3) is 0.417. The first kappa shape index (κ1) is 19.8. The Balaban J connectivity index is 1.43. The molecule has 152 valence electrons. The Bertz CT molecular complexity index is 867. The third-order valence-electron chi connectivity index (χ3n) is 5.76. The van der Waals surface area contributed by atoms with Crippen LogP contribution in [0.5, 0.6) is 0 Å². The number of piperidine rings is 1. The predicted molar refractivity (Wildman–Crippen MR) is 118 cm³/mol. The molecule has 0 bridgehead atoms. The molecule has 5 nitrogen and oxygen atoms in total. The molecule has 0 aliphatic carbocycles. The standard InChI is InChI=1S/C24H31N5/c1-2-14-28-15-10-20(11-16-28)17-26-18-22-19-29(23-6-4-3-5-7-23)27-24(22)21-8-12-25-13-9-21/h3-9,12-13,19-20,26H,2,10-11,14-18H2,1H3. The number of nitrogens with zero attached hydrogens (tertiary/aromatic N) is 4. The summed E-state index contributed by atoms with van der Waals surface area (Å²) in [7, 11) is 0. The van der Waals surface area contributed by atoms with Crippen LogP contribution in [0, 0.1) is 5.92 Å². The number of benzene rings is 1. The van der Waals surface area contributed by atoms with E-state index in [-0.39, 0.29) is 0 Å². The largest absolute Gasteiger partial charge is 0.312 e. The number of hydrogen-bond acceptors (Lipinski definition) is 4. The van der Waals surface area contributed by atoms with Gasteiger partial charge in [0.05, 0.1) is 11.4 Å². The van der Waals surface area contributed by atoms with Gasteiger partial charge in [-0.15, -0.1) is 0 Å². The number of pyridine rings is 1. The number of aromatic nitrogens is 3. The summed E-state index contributed by atoms with van der Waals surface area (Å²) in [5.74, 6) is 0.775. The minimum Gasteiger partial charge on any atom is -0.312 e. The van der Waals surface area contributed by atoms with Gasteiger partial charge in [-0.05, 0) is 75.6 Å². The zero-order valence-corrected chi connectivity index (χ0v) is 17.3. The molecule has 4 rings (SSSR count). The van der Waals surface area contributed by atoms with Crippen molar-refractivity contribution in [1.29, 1.82) is 0 Å². The number of nitrogens with one attached hydrogen (secondary N) is 1. The van der Waals surface area contributed by atoms with Crippen molar-refractivity contribution in [1.82, 2.24) is 25.0 Å². The van der Waals surface area contributed by atoms with Crippen molar-refractivity contribution in [2.45, 2.75) is 32.7 Å². The van der Waals surface area contributed by atoms with Gasteiger partial charge >= 0.3 is 0 Å². The van der Waals surface area contributed by atoms with Crippen molar-refractivity contribution in [2.75, 3.05) is 26.2 Å². The fourth-order valence-electron chi connectivity index (χ4n) is 4.15. The van der Waals surface area contributed by atoms with Crippen LogP contribution in [0.2, 0.25) is 0 Å². The first-order chi connectivity index (χ1) is 14.3. The highest BCUT2D eigenvalue weighted by atomic mass is 15.3. The van der Waals surface area contributed by atoms with Gasteiger partial charge in [-0.25, -0.2) is 4.68 Å². The Hall–Kier alpha value is -2.50. The van der Waals surface area contributed by atoms with Gasteiger partial charge in [-0.2, -0.15) is 5.10 Å². The van der Waals surface area contributed by atoms with Crippen LogP contribution in [0.25, 0.3) is 16.9 Å². The lowest BCUT2D eigenvalue weighted by Gasteiger charge is -2.31. The molecule has 0 spiro atoms. The first-order valence-corrected chi connectivity index (χ1v) is 10.8. The summed E-state index contributed by atoms with van der Waals surface area (Å²) >= 11 is 0. The third-order valence-corrected chi connectivity index (χ3v) is 5.76. The SMILES string of the molecule is CCCN1CCC(CNCc2cn(-c3ccccc3)nc2-c2ccncc2)CC1. The van der Waals surface area contributed by atoms with Crippen molar-refractivity contribution in [3.8, 4) is 16.9 Å². The molecule has 1 N–H and O–H groups in total. The smallest absolute Gasteiger partial charge is 0.0973 e. The monoisotopic (exact) mass is 389 g/mol. The summed E-state index contributed by atoms with van der Waals surface area (Å²) in [6.07, 6.45) is 9.67. The lowest BCUT2D eigenvalue weighted by molar-refractivity contribution is 0.182. The fourth-order valence-corrected chi connectivity index (χ4v) is 4.15. The number of likely N-dealkylation sites (tertiary alicyclic amines) is 1. The van der Waals surface area contributed by atoms with Crippen molar-refractivity contribution in [3.05, 3.63) is 66.6 Å². The maximum absolute atomic E-state index is 4.89. The average molecular weight is 390 g/mol. The summed E-state index contributed by atoms with van der Waals surface area (Å²) in [6.45, 7) is 7.91. The van der Waals surface area contributed by atoms with Crippen molar-refractivity contribution in [2.24, 2.45) is 5.92 Å². The molecule has 1 fully saturated rings. The van der Waals surface area contributed by atoms with Crippen LogP contribution in [0.15, 0.2) is 61.1 Å². The van der Waals surface area contributed by atoms with E-state index in [1.54, 1.807) is 0 Å². The minimum absolute atomic E-state index is 0.775. The van der Waals surface area contributed by atoms with Crippen LogP contribution in [0.4, 0.5) is 0 Å². The molecule has 3 heterocycles. The molecule has 1 saturated heterocycles. The molecule has 0 amide bonds. The highest BCUT2D eigenvalue weighted by Crippen LogP contribution is 2.23. The molecule has 0 radical (unpaired) electrons. The van der Waals surface area contributed by atoms with Gasteiger partial charge in [-0.1, -0.05) is 25.1 Å². The number of para-hydroxylation sites is 1. The second-order valence-corrected chi connectivity index (χ2v) is 7.93. The Morgan fingerprint density at radius 2 is 1.79 bits per heavy atom. The predicted octanol–water partition coefficient (Wildman–Crippen LogP) is 4.15. The van der Waals surface area contributed by atoms with Gasteiger partial charge in [0.25, 0.3) is 0 Å². The molecule has 2 aromatic heterocycles. The van der Waals surface area contributed by atoms with Crippen molar-refractivity contribution >= 4 is 0 Å². The highest BCUT2D eigenvalue weighted by Gasteiger charge is 2.19. The van der Waals surface area contributed by atoms with Crippen molar-refractivity contribution < 1.29 is 0 Å². The highest BCUT2D eigenvalue weighted by molar-refractivity contribution is 5.62. The summed E-state index contributed by atoms with van der Waals surface area (Å²) in [5, 5.41) is 8.59. The Kier molecular flexibility index (Phi) is 6.70. The Labute approximate surface area is 173 Å². The lowest BCUT2D eigenvalue weighted by atomic mass is 9.96. The molecule has 3 aromatic rings. The van der Waals surface area contributed by atoms with Crippen LogP contribution in [-0.2, 0) is 6.54 Å². The van der Waals surface area contributed by atoms with E-state index in [1.807, 2.05) is 47.4 Å². The van der Waals surface area contributed by atoms with E-state index in [0.717, 1.165) is 36.0 Å². The first-order valence-electron chi connectivity index (χ1n) is 10.8. The zero-order chi connectivity index (χ0) is 19.9. The van der Waals surface area contributed by atoms with E-state index in [2.05, 4.69) is 40.5 Å². The average Bonchev–Trinajstić information content (AvgIpc) is 3.21. The Morgan fingerprint density at radius 3 is 2.52 bits per heavy atom. The maximum Gasteiger partial charge on any atom is 0.0973 e. The van der Waals surface area contributed by atoms with Gasteiger partial charge in [-0.3, -0.25) is 4.98 Å². The second kappa shape index (κ2) is 9.81. The van der Waals surface area contributed by atoms with Gasteiger partial charge in [0.1, 0.15) is 0 Å². The molecule has 1 aromatic carbocycles. The molecular weight excluding hydrogens is 358 g/mol. The third kappa shape index (κ3) is 5.11. The van der Waals surface area contributed by atoms with E-state index in [1.165, 1.54) is 44.5 Å². The van der Waals surface area contributed by atoms with Crippen LogP contribution in [-0.4, -0.2) is 45.8 Å². The summed E-state index contributed by atoms with van der Waals surface area (Å²) in [4.78, 5) is 6.75. The molecular formula is C24H31N5. The quantitative estimate of drug-likeness (QED) is 0.629. The van der Waals surface area contributed by atoms with Gasteiger partial charge in [0, 0.05) is 36.3 Å². The van der Waals surface area contributed by atoms with Crippen LogP contribution in [0.1, 0.15) is 31.7 Å². The van der Waals surface area contributed by atoms with Crippen LogP contribution < -0.4 is 5.32 Å². The normalized spacial score (nSPS) is 15.6. The number of hydrogen-bond donors (Lipinski definition) is 1. The molecule has 1 aliphatic rings. The molecule has 29 heavy (non-hydrogen) atoms. The summed E-state index contributed by atoms with van der Waals surface area (Å²) in [5.41, 5.74) is 4.45. The lowest BCUT2D eigenvalue weighted by Crippen LogP contribution is -2.37. The van der Waals surface area contributed by atoms with Gasteiger partial charge in [0.2, 0.25) is 0 Å². The van der Waals surface area contributed by atoms with Crippen LogP contribution >= 0.6 is 0 Å². The van der Waals surface area contributed by atoms with E-state index in [9.17, 15) is 0 Å². The second-order valence-electron chi connectivity index (χ2n) is 7.93. The molecule has 5 heteroatoms. The van der Waals surface area contributed by atoms with Gasteiger partial charge < -0.3 is 10.2 Å². The van der Waals surface area contributed by atoms with Crippen LogP contribution in [0.3, 0.4) is 0 Å². The molecule has 0 unspecified atom stereocenters. The number of rotatable bonds is 8.